The van der Waals surface area contributed by atoms with Gasteiger partial charge >= 0.3 is 0 Å². The fraction of sp³-hybridized carbons (Fsp3) is 1.00. The van der Waals surface area contributed by atoms with E-state index in [2.05, 4.69) is 21.1 Å². The molecule has 0 aromatic carbocycles. The van der Waals surface area contributed by atoms with Gasteiger partial charge in [-0.1, -0.05) is 96.3 Å². The number of hydrogen-bond donors (Lipinski definition) is 0. The van der Waals surface area contributed by atoms with E-state index in [-0.39, 0.29) is 17.6 Å². The summed E-state index contributed by atoms with van der Waals surface area (Å²) in [5.41, 5.74) is 0. The Labute approximate surface area is 241 Å². The molecule has 0 saturated heterocycles. The maximum absolute atomic E-state index is 12.3. The Bertz CT molecular complexity index is 766. The Morgan fingerprint density at radius 3 is 1.77 bits per heavy atom. The van der Waals surface area contributed by atoms with Crippen molar-refractivity contribution in [2.24, 2.45) is 5.92 Å². The topological polar surface area (TPSA) is 110 Å². The van der Waals surface area contributed by atoms with Crippen LogP contribution in [0.1, 0.15) is 109 Å². The molecule has 0 bridgehead atoms. The van der Waals surface area contributed by atoms with Crippen LogP contribution in [0, 0.1) is 5.92 Å². The predicted octanol–water partition coefficient (Wildman–Crippen LogP) is 5.56. The van der Waals surface area contributed by atoms with Gasteiger partial charge in [-0.2, -0.15) is 0 Å². The van der Waals surface area contributed by atoms with E-state index in [9.17, 15) is 8.42 Å². The minimum atomic E-state index is -3.92. The third-order valence-electron chi connectivity index (χ3n) is 7.24. The van der Waals surface area contributed by atoms with E-state index in [4.69, 9.17) is 22.4 Å². The minimum Gasteiger partial charge on any atom is -0.748 e. The second kappa shape index (κ2) is 22.4. The Balaban J connectivity index is 0.00000263. The number of sulfone groups is 1. The van der Waals surface area contributed by atoms with Gasteiger partial charge in [0, 0.05) is 26.4 Å². The van der Waals surface area contributed by atoms with Gasteiger partial charge in [0.05, 0.1) is 62.0 Å². The van der Waals surface area contributed by atoms with Gasteiger partial charge in [0.2, 0.25) is 0 Å². The first-order valence-corrected chi connectivity index (χ1v) is 18.9. The van der Waals surface area contributed by atoms with Gasteiger partial charge in [0.1, 0.15) is 0 Å². The quantitative estimate of drug-likeness (QED) is 0.0910. The highest BCUT2D eigenvalue weighted by molar-refractivity contribution is 7.91. The van der Waals surface area contributed by atoms with Crippen LogP contribution < -0.4 is 0 Å². The van der Waals surface area contributed by atoms with Gasteiger partial charge in [0.15, 0.2) is 9.84 Å². The summed E-state index contributed by atoms with van der Waals surface area (Å²) in [7, 11) is 0.801. The van der Waals surface area contributed by atoms with Crippen LogP contribution in [0.25, 0.3) is 0 Å². The molecule has 0 radical (unpaired) electrons. The van der Waals surface area contributed by atoms with Crippen molar-refractivity contribution in [3.05, 3.63) is 0 Å². The number of hydrogen-bond acceptors (Lipinski definition) is 7. The van der Waals surface area contributed by atoms with Crippen molar-refractivity contribution >= 4 is 20.0 Å². The van der Waals surface area contributed by atoms with Crippen molar-refractivity contribution in [1.82, 2.24) is 0 Å². The van der Waals surface area contributed by atoms with Gasteiger partial charge < -0.3 is 18.5 Å². The SMILES string of the molecule is COC(COCCCCCCCCCCCCC1CCCCC1)CS(=O)(=O)CCC[N+](C)(C)C.CS(=O)(=O)[O-]. The Morgan fingerprint density at radius 2 is 1.28 bits per heavy atom. The summed E-state index contributed by atoms with van der Waals surface area (Å²) < 4.78 is 63.8. The highest BCUT2D eigenvalue weighted by Gasteiger charge is 2.20. The zero-order valence-corrected chi connectivity index (χ0v) is 27.5. The van der Waals surface area contributed by atoms with Gasteiger partial charge in [-0.25, -0.2) is 16.8 Å². The standard InChI is InChI=1S/C28H58NO4S.CH4O3S/c1-29(2,3)22-18-24-34(30,31)26-28(32-4)25-33-23-17-12-10-8-6-5-7-9-11-14-19-27-20-15-13-16-21-27;1-5(2,3)4/h27-28H,5-26H2,1-4H3;1H3,(H,2,3,4)/q+1;/p-1. The van der Waals surface area contributed by atoms with Crippen molar-refractivity contribution < 1.29 is 35.3 Å². The lowest BCUT2D eigenvalue weighted by atomic mass is 9.85. The van der Waals surface area contributed by atoms with Crippen molar-refractivity contribution in [3.8, 4) is 0 Å². The van der Waals surface area contributed by atoms with E-state index < -0.39 is 20.0 Å². The van der Waals surface area contributed by atoms with E-state index in [1.807, 2.05) is 0 Å². The summed E-state index contributed by atoms with van der Waals surface area (Å²) in [6, 6.07) is 0. The summed E-state index contributed by atoms with van der Waals surface area (Å²) in [5, 5.41) is 0. The summed E-state index contributed by atoms with van der Waals surface area (Å²) >= 11 is 0. The zero-order valence-electron chi connectivity index (χ0n) is 25.8. The van der Waals surface area contributed by atoms with Crippen molar-refractivity contribution in [2.45, 2.75) is 115 Å². The first-order valence-electron chi connectivity index (χ1n) is 15.2. The van der Waals surface area contributed by atoms with Gasteiger partial charge in [-0.3, -0.25) is 0 Å². The van der Waals surface area contributed by atoms with E-state index in [1.54, 1.807) is 7.11 Å². The molecular weight excluding hydrogens is 538 g/mol. The van der Waals surface area contributed by atoms with Crippen LogP contribution in [0.3, 0.4) is 0 Å². The molecule has 1 fully saturated rings. The summed E-state index contributed by atoms with van der Waals surface area (Å²) in [6.45, 7) is 1.92. The zero-order chi connectivity index (χ0) is 29.6. The van der Waals surface area contributed by atoms with Gasteiger partial charge in [0.25, 0.3) is 0 Å². The molecule has 236 valence electrons. The smallest absolute Gasteiger partial charge is 0.153 e. The van der Waals surface area contributed by atoms with Crippen LogP contribution >= 0.6 is 0 Å². The number of nitrogens with zero attached hydrogens (tertiary/aromatic N) is 1. The maximum Gasteiger partial charge on any atom is 0.153 e. The average Bonchev–Trinajstić information content (AvgIpc) is 2.82. The van der Waals surface area contributed by atoms with Gasteiger partial charge in [-0.15, -0.1) is 0 Å². The molecule has 8 nitrogen and oxygen atoms in total. The number of ether oxygens (including phenoxy) is 2. The number of unbranched alkanes of at least 4 members (excludes halogenated alkanes) is 9. The molecule has 1 unspecified atom stereocenters. The molecule has 10 heteroatoms. The number of quaternary nitrogens is 1. The summed E-state index contributed by atoms with van der Waals surface area (Å²) in [5.74, 6) is 1.33. The highest BCUT2D eigenvalue weighted by Crippen LogP contribution is 2.28. The van der Waals surface area contributed by atoms with E-state index >= 15 is 0 Å². The molecule has 0 amide bonds. The van der Waals surface area contributed by atoms with Gasteiger partial charge in [-0.05, 0) is 12.3 Å². The van der Waals surface area contributed by atoms with E-state index in [0.29, 0.717) is 25.9 Å². The fourth-order valence-corrected chi connectivity index (χ4v) is 6.59. The molecule has 1 rings (SSSR count). The molecule has 0 aromatic heterocycles. The molecule has 39 heavy (non-hydrogen) atoms. The Hall–Kier alpha value is -0.260. The third-order valence-corrected chi connectivity index (χ3v) is 9.03. The van der Waals surface area contributed by atoms with Crippen LogP contribution in [0.4, 0.5) is 0 Å². The Kier molecular flexibility index (Phi) is 22.2. The molecule has 0 aliphatic heterocycles. The molecular formula is C29H61NO7S2. The lowest BCUT2D eigenvalue weighted by Gasteiger charge is -2.23. The van der Waals surface area contributed by atoms with Crippen LogP contribution in [0.15, 0.2) is 0 Å². The fourth-order valence-electron chi connectivity index (χ4n) is 5.05. The van der Waals surface area contributed by atoms with Crippen LogP contribution in [-0.2, 0) is 29.4 Å². The minimum absolute atomic E-state index is 0.0568. The normalized spacial score (nSPS) is 16.1. The van der Waals surface area contributed by atoms with E-state index in [0.717, 1.165) is 23.4 Å². The maximum atomic E-state index is 12.3. The number of rotatable bonds is 22. The predicted molar refractivity (Wildman–Crippen MR) is 161 cm³/mol. The first-order chi connectivity index (χ1) is 18.2. The third kappa shape index (κ3) is 30.5. The molecule has 1 saturated carbocycles. The molecule has 0 heterocycles. The van der Waals surface area contributed by atoms with Crippen LogP contribution in [0.2, 0.25) is 0 Å². The van der Waals surface area contributed by atoms with Crippen molar-refractivity contribution in [1.29, 1.82) is 0 Å². The highest BCUT2D eigenvalue weighted by atomic mass is 32.2. The molecule has 1 atom stereocenters. The number of methoxy groups -OCH3 is 1. The molecule has 0 N–H and O–H groups in total. The molecule has 1 aliphatic carbocycles. The second-order valence-corrected chi connectivity index (χ2v) is 16.1. The summed E-state index contributed by atoms with van der Waals surface area (Å²) in [6.07, 6.45) is 23.2. The lowest BCUT2D eigenvalue weighted by Crippen LogP contribution is -2.37. The molecule has 1 aliphatic rings. The summed E-state index contributed by atoms with van der Waals surface area (Å²) in [4.78, 5) is 0. The van der Waals surface area contributed by atoms with Crippen LogP contribution in [-0.4, -0.2) is 97.7 Å². The largest absolute Gasteiger partial charge is 0.748 e. The lowest BCUT2D eigenvalue weighted by molar-refractivity contribution is -0.870. The Morgan fingerprint density at radius 1 is 0.795 bits per heavy atom. The second-order valence-electron chi connectivity index (χ2n) is 12.4. The average molecular weight is 600 g/mol. The van der Waals surface area contributed by atoms with Crippen LogP contribution in [0.5, 0.6) is 0 Å². The molecule has 0 spiro atoms. The van der Waals surface area contributed by atoms with Crippen molar-refractivity contribution in [2.75, 3.05) is 65.8 Å². The monoisotopic (exact) mass is 599 g/mol. The first kappa shape index (κ1) is 38.7. The molecule has 0 aromatic rings. The van der Waals surface area contributed by atoms with Crippen molar-refractivity contribution in [3.63, 3.8) is 0 Å². The van der Waals surface area contributed by atoms with E-state index in [1.165, 1.54) is 96.3 Å².